The van der Waals surface area contributed by atoms with Crippen LogP contribution in [-0.4, -0.2) is 75.9 Å². The molecule has 0 aliphatic carbocycles. The fourth-order valence-corrected chi connectivity index (χ4v) is 9.90. The number of benzene rings is 2. The number of carbonyl (C=O) groups is 3. The average Bonchev–Trinajstić information content (AvgIpc) is 2.90. The van der Waals surface area contributed by atoms with Gasteiger partial charge in [-0.05, 0) is 0 Å². The molecule has 0 bridgehead atoms. The Kier molecular flexibility index (Phi) is 8.16. The minimum atomic E-state index is -3.99. The van der Waals surface area contributed by atoms with Crippen LogP contribution < -0.4 is 14.5 Å². The van der Waals surface area contributed by atoms with Gasteiger partial charge in [0, 0.05) is 0 Å². The molecule has 0 saturated carbocycles. The maximum absolute atomic E-state index is 13.7. The second-order valence-electron chi connectivity index (χ2n) is 8.37. The zero-order valence-corrected chi connectivity index (χ0v) is 22.6. The summed E-state index contributed by atoms with van der Waals surface area (Å²) >= 11 is -0.214. The first-order chi connectivity index (χ1) is 17.8. The molecule has 1 unspecified atom stereocenters. The Morgan fingerprint density at radius 3 is 2.41 bits per heavy atom. The van der Waals surface area contributed by atoms with Gasteiger partial charge >= 0.3 is 216 Å². The van der Waals surface area contributed by atoms with Crippen molar-refractivity contribution >= 4 is 47.0 Å². The van der Waals surface area contributed by atoms with Crippen LogP contribution in [0, 0.1) is 0 Å². The SMILES string of the molecule is C=CCOC(=O)C1=C(C)C(C[Se]c2ccccc2)S(=O)(=O)[C@@H]2[C@H](NC(=O)COc3ccccc3)C(=O)N12. The van der Waals surface area contributed by atoms with Crippen molar-refractivity contribution in [2.45, 2.75) is 28.9 Å². The normalized spacial score (nSPS) is 21.9. The van der Waals surface area contributed by atoms with Crippen LogP contribution in [0.3, 0.4) is 0 Å². The first-order valence-electron chi connectivity index (χ1n) is 11.4. The molecule has 1 fully saturated rings. The summed E-state index contributed by atoms with van der Waals surface area (Å²) in [6.45, 7) is 4.57. The summed E-state index contributed by atoms with van der Waals surface area (Å²) < 4.78 is 39.1. The molecule has 1 saturated heterocycles. The number of para-hydroxylation sites is 1. The van der Waals surface area contributed by atoms with E-state index in [-0.39, 0.29) is 38.2 Å². The van der Waals surface area contributed by atoms with Gasteiger partial charge in [-0.2, -0.15) is 0 Å². The van der Waals surface area contributed by atoms with Crippen LogP contribution in [0.4, 0.5) is 0 Å². The molecule has 11 heteroatoms. The molecule has 0 aromatic heterocycles. The summed E-state index contributed by atoms with van der Waals surface area (Å²) in [6, 6.07) is 16.8. The van der Waals surface area contributed by atoms with E-state index in [1.54, 1.807) is 30.3 Å². The Morgan fingerprint density at radius 2 is 1.76 bits per heavy atom. The van der Waals surface area contributed by atoms with Gasteiger partial charge in [0.25, 0.3) is 0 Å². The number of sulfone groups is 1. The number of hydrogen-bond donors (Lipinski definition) is 1. The Morgan fingerprint density at radius 1 is 1.11 bits per heavy atom. The van der Waals surface area contributed by atoms with Crippen LogP contribution in [0.25, 0.3) is 0 Å². The molecule has 194 valence electrons. The van der Waals surface area contributed by atoms with Crippen molar-refractivity contribution in [3.63, 3.8) is 0 Å². The Bertz CT molecular complexity index is 1330. The summed E-state index contributed by atoms with van der Waals surface area (Å²) in [6.07, 6.45) is 1.38. The Hall–Kier alpha value is -3.40. The number of carbonyl (C=O) groups excluding carboxylic acids is 3. The van der Waals surface area contributed by atoms with Crippen LogP contribution >= 0.6 is 0 Å². The predicted molar refractivity (Wildman–Crippen MR) is 138 cm³/mol. The first kappa shape index (κ1) is 26.7. The van der Waals surface area contributed by atoms with Crippen molar-refractivity contribution in [1.29, 1.82) is 0 Å². The molecule has 2 aromatic rings. The van der Waals surface area contributed by atoms with E-state index in [0.29, 0.717) is 5.75 Å². The van der Waals surface area contributed by atoms with E-state index in [1.807, 2.05) is 30.3 Å². The fourth-order valence-electron chi connectivity index (χ4n) is 4.18. The maximum atomic E-state index is 13.7. The molecule has 2 aliphatic heterocycles. The van der Waals surface area contributed by atoms with Gasteiger partial charge in [-0.25, -0.2) is 0 Å². The number of ether oxygens (including phenoxy) is 2. The number of nitrogens with zero attached hydrogens (tertiary/aromatic N) is 1. The number of hydrogen-bond acceptors (Lipinski definition) is 7. The number of rotatable bonds is 10. The van der Waals surface area contributed by atoms with Crippen LogP contribution in [0.15, 0.2) is 84.6 Å². The summed E-state index contributed by atoms with van der Waals surface area (Å²) in [5.74, 6) is -1.69. The zero-order valence-electron chi connectivity index (χ0n) is 20.0. The van der Waals surface area contributed by atoms with Crippen LogP contribution in [0.5, 0.6) is 5.75 Å². The van der Waals surface area contributed by atoms with Crippen molar-refractivity contribution in [2.24, 2.45) is 0 Å². The minimum absolute atomic E-state index is 0.0911. The predicted octanol–water partition coefficient (Wildman–Crippen LogP) is 0.967. The van der Waals surface area contributed by atoms with Crippen molar-refractivity contribution in [3.05, 3.63) is 84.6 Å². The van der Waals surface area contributed by atoms with E-state index in [9.17, 15) is 22.8 Å². The quantitative estimate of drug-likeness (QED) is 0.190. The summed E-state index contributed by atoms with van der Waals surface area (Å²) in [7, 11) is -3.99. The Balaban J connectivity index is 1.58. The monoisotopic (exact) mass is 590 g/mol. The van der Waals surface area contributed by atoms with Crippen LogP contribution in [-0.2, 0) is 29.0 Å². The van der Waals surface area contributed by atoms with E-state index in [0.717, 1.165) is 9.36 Å². The van der Waals surface area contributed by atoms with E-state index >= 15 is 0 Å². The topological polar surface area (TPSA) is 119 Å². The van der Waals surface area contributed by atoms with Crippen LogP contribution in [0.2, 0.25) is 5.32 Å². The molecule has 2 aromatic carbocycles. The van der Waals surface area contributed by atoms with Crippen molar-refractivity contribution in [3.8, 4) is 5.75 Å². The number of amides is 2. The third-order valence-corrected chi connectivity index (χ3v) is 11.2. The number of β-lactam (4-membered cyclic amide) rings is 1. The number of esters is 1. The van der Waals surface area contributed by atoms with E-state index < -0.39 is 50.9 Å². The van der Waals surface area contributed by atoms with Gasteiger partial charge in [0.2, 0.25) is 0 Å². The number of fused-ring (bicyclic) bond motifs is 1. The van der Waals surface area contributed by atoms with E-state index in [1.165, 1.54) is 13.0 Å². The van der Waals surface area contributed by atoms with Gasteiger partial charge in [0.05, 0.1) is 0 Å². The standard InChI is InChI=1S/C26H26N2O7SSe/c1-3-14-34-26(31)23-17(2)20(16-37-19-12-8-5-9-13-19)36(32,33)25-22(24(30)28(23)25)27-21(29)15-35-18-10-6-4-7-11-18/h3-13,20,22,25H,1,14-16H2,2H3,(H,27,29)/t20?,22-,25-/m1/s1. The molecule has 9 nitrogen and oxygen atoms in total. The molecular formula is C26H26N2O7SSe. The van der Waals surface area contributed by atoms with E-state index in [2.05, 4.69) is 11.9 Å². The van der Waals surface area contributed by atoms with Gasteiger partial charge in [-0.1, -0.05) is 6.07 Å². The van der Waals surface area contributed by atoms with E-state index in [4.69, 9.17) is 9.47 Å². The molecule has 3 atom stereocenters. The van der Waals surface area contributed by atoms with Gasteiger partial charge in [-0.3, -0.25) is 0 Å². The summed E-state index contributed by atoms with van der Waals surface area (Å²) in [4.78, 5) is 39.5. The third-order valence-electron chi connectivity index (χ3n) is 5.97. The van der Waals surface area contributed by atoms with Crippen molar-refractivity contribution < 1.29 is 32.3 Å². The fraction of sp³-hybridized carbons (Fsp3) is 0.269. The molecular weight excluding hydrogens is 563 g/mol. The Labute approximate surface area is 221 Å². The molecule has 2 amide bonds. The van der Waals surface area contributed by atoms with Gasteiger partial charge in [0.1, 0.15) is 0 Å². The van der Waals surface area contributed by atoms with Gasteiger partial charge < -0.3 is 0 Å². The van der Waals surface area contributed by atoms with Crippen molar-refractivity contribution in [2.75, 3.05) is 13.2 Å². The molecule has 2 aliphatic rings. The number of nitrogens with one attached hydrogen (secondary N) is 1. The first-order valence-corrected chi connectivity index (χ1v) is 15.1. The van der Waals surface area contributed by atoms with Crippen LogP contribution in [0.1, 0.15) is 6.92 Å². The molecule has 0 radical (unpaired) electrons. The molecule has 1 N–H and O–H groups in total. The average molecular weight is 590 g/mol. The zero-order chi connectivity index (χ0) is 26.6. The van der Waals surface area contributed by atoms with Gasteiger partial charge in [0.15, 0.2) is 0 Å². The second-order valence-corrected chi connectivity index (χ2v) is 12.9. The van der Waals surface area contributed by atoms with Gasteiger partial charge in [-0.15, -0.1) is 0 Å². The summed E-state index contributed by atoms with van der Waals surface area (Å²) in [5.41, 5.74) is 0.167. The molecule has 4 rings (SSSR count). The second kappa shape index (κ2) is 11.3. The molecule has 0 spiro atoms. The van der Waals surface area contributed by atoms with Crippen molar-refractivity contribution in [1.82, 2.24) is 10.2 Å². The molecule has 37 heavy (non-hydrogen) atoms. The third kappa shape index (κ3) is 5.48. The molecule has 2 heterocycles. The summed E-state index contributed by atoms with van der Waals surface area (Å²) in [5, 5.41) is 0.330.